The van der Waals surface area contributed by atoms with Crippen LogP contribution < -0.4 is 10.1 Å². The second-order valence-electron chi connectivity index (χ2n) is 6.06. The van der Waals surface area contributed by atoms with E-state index < -0.39 is 0 Å². The van der Waals surface area contributed by atoms with Crippen LogP contribution in [0.5, 0.6) is 5.88 Å². The van der Waals surface area contributed by atoms with Gasteiger partial charge in [-0.25, -0.2) is 9.97 Å². The molecule has 0 aliphatic heterocycles. The second-order valence-corrected chi connectivity index (χ2v) is 6.06. The van der Waals surface area contributed by atoms with Crippen LogP contribution in [0, 0.1) is 12.3 Å². The molecule has 0 unspecified atom stereocenters. The summed E-state index contributed by atoms with van der Waals surface area (Å²) < 4.78 is 5.50. The number of nitrogens with one attached hydrogen (secondary N) is 1. The monoisotopic (exact) mass is 279 g/mol. The summed E-state index contributed by atoms with van der Waals surface area (Å²) in [5.41, 5.74) is 1.26. The topological polar surface area (TPSA) is 47.0 Å². The minimum absolute atomic E-state index is 0.276. The van der Waals surface area contributed by atoms with Gasteiger partial charge in [0, 0.05) is 6.54 Å². The van der Waals surface area contributed by atoms with Crippen LogP contribution in [0.15, 0.2) is 6.33 Å². The molecule has 114 valence electrons. The maximum atomic E-state index is 5.50. The van der Waals surface area contributed by atoms with Gasteiger partial charge in [-0.2, -0.15) is 0 Å². The van der Waals surface area contributed by atoms with Crippen LogP contribution in [0.4, 0.5) is 5.82 Å². The zero-order chi connectivity index (χ0) is 15.0. The molecule has 0 radical (unpaired) electrons. The van der Waals surface area contributed by atoms with E-state index in [0.717, 1.165) is 17.9 Å². The number of nitrogens with zero attached hydrogens (tertiary/aromatic N) is 2. The van der Waals surface area contributed by atoms with Gasteiger partial charge in [-0.15, -0.1) is 0 Å². The molecule has 0 aliphatic carbocycles. The molecule has 4 nitrogen and oxygen atoms in total. The number of aromatic nitrogens is 2. The van der Waals surface area contributed by atoms with Crippen LogP contribution in [0.2, 0.25) is 0 Å². The van der Waals surface area contributed by atoms with Crippen molar-refractivity contribution in [1.82, 2.24) is 9.97 Å². The molecule has 1 rings (SSSR count). The smallest absolute Gasteiger partial charge is 0.221 e. The fourth-order valence-electron chi connectivity index (χ4n) is 2.16. The third-order valence-corrected chi connectivity index (χ3v) is 3.51. The summed E-state index contributed by atoms with van der Waals surface area (Å²) in [6.45, 7) is 12.3. The average Bonchev–Trinajstić information content (AvgIpc) is 2.40. The Labute approximate surface area is 123 Å². The molecule has 4 heteroatoms. The van der Waals surface area contributed by atoms with E-state index >= 15 is 0 Å². The van der Waals surface area contributed by atoms with E-state index in [-0.39, 0.29) is 5.41 Å². The van der Waals surface area contributed by atoms with Crippen molar-refractivity contribution >= 4 is 5.82 Å². The van der Waals surface area contributed by atoms with E-state index in [4.69, 9.17) is 4.74 Å². The predicted octanol–water partition coefficient (Wildman–Crippen LogP) is 4.20. The molecule has 0 fully saturated rings. The second kappa shape index (κ2) is 8.08. The van der Waals surface area contributed by atoms with Crippen molar-refractivity contribution in [3.63, 3.8) is 0 Å². The van der Waals surface area contributed by atoms with Crippen molar-refractivity contribution in [2.75, 3.05) is 18.5 Å². The van der Waals surface area contributed by atoms with Crippen molar-refractivity contribution in [2.45, 2.75) is 60.3 Å². The van der Waals surface area contributed by atoms with Crippen molar-refractivity contribution in [1.29, 1.82) is 0 Å². The number of rotatable bonds is 9. The highest BCUT2D eigenvalue weighted by atomic mass is 16.5. The molecule has 0 amide bonds. The average molecular weight is 279 g/mol. The van der Waals surface area contributed by atoms with Gasteiger partial charge < -0.3 is 10.1 Å². The van der Waals surface area contributed by atoms with E-state index in [1.807, 2.05) is 13.8 Å². The largest absolute Gasteiger partial charge is 0.478 e. The Bertz CT molecular complexity index is 405. The molecule has 20 heavy (non-hydrogen) atoms. The lowest BCUT2D eigenvalue weighted by atomic mass is 9.87. The Kier molecular flexibility index (Phi) is 6.76. The van der Waals surface area contributed by atoms with Crippen LogP contribution in [-0.2, 0) is 0 Å². The van der Waals surface area contributed by atoms with Crippen molar-refractivity contribution in [2.24, 2.45) is 5.41 Å². The Hall–Kier alpha value is -1.32. The fourth-order valence-corrected chi connectivity index (χ4v) is 2.16. The van der Waals surface area contributed by atoms with E-state index in [1.54, 1.807) is 6.33 Å². The highest BCUT2D eigenvalue weighted by molar-refractivity contribution is 5.47. The third-order valence-electron chi connectivity index (χ3n) is 3.51. The summed E-state index contributed by atoms with van der Waals surface area (Å²) in [4.78, 5) is 8.48. The Morgan fingerprint density at radius 1 is 1.20 bits per heavy atom. The zero-order valence-corrected chi connectivity index (χ0v) is 13.6. The molecule has 0 atom stereocenters. The summed E-state index contributed by atoms with van der Waals surface area (Å²) in [5, 5.41) is 3.45. The highest BCUT2D eigenvalue weighted by Gasteiger charge is 2.18. The maximum absolute atomic E-state index is 5.50. The van der Waals surface area contributed by atoms with Gasteiger partial charge >= 0.3 is 0 Å². The highest BCUT2D eigenvalue weighted by Crippen LogP contribution is 2.26. The van der Waals surface area contributed by atoms with Gasteiger partial charge in [0.15, 0.2) is 0 Å². The minimum Gasteiger partial charge on any atom is -0.478 e. The first-order valence-electron chi connectivity index (χ1n) is 7.68. The van der Waals surface area contributed by atoms with Crippen molar-refractivity contribution < 1.29 is 4.74 Å². The van der Waals surface area contributed by atoms with E-state index in [1.165, 1.54) is 25.7 Å². The van der Waals surface area contributed by atoms with Crippen molar-refractivity contribution in [3.8, 4) is 5.88 Å². The Balaban J connectivity index is 2.58. The lowest BCUT2D eigenvalue weighted by molar-refractivity contribution is 0.323. The quantitative estimate of drug-likeness (QED) is 0.688. The van der Waals surface area contributed by atoms with Gasteiger partial charge in [0.05, 0.1) is 12.2 Å². The first-order valence-corrected chi connectivity index (χ1v) is 7.68. The molecule has 0 aromatic carbocycles. The molecule has 0 saturated heterocycles. The first-order chi connectivity index (χ1) is 9.50. The van der Waals surface area contributed by atoms with Crippen LogP contribution in [0.1, 0.15) is 58.9 Å². The Morgan fingerprint density at radius 2 is 1.95 bits per heavy atom. The number of hydrogen-bond donors (Lipinski definition) is 1. The lowest BCUT2D eigenvalue weighted by Crippen LogP contribution is -2.24. The predicted molar refractivity (Wildman–Crippen MR) is 84.4 cm³/mol. The van der Waals surface area contributed by atoms with Crippen LogP contribution in [-0.4, -0.2) is 23.1 Å². The summed E-state index contributed by atoms with van der Waals surface area (Å²) in [6, 6.07) is 0. The molecule has 1 aromatic heterocycles. The molecule has 0 bridgehead atoms. The standard InChI is InChI=1S/C16H29N3O/c1-6-8-9-10-16(4,5)11-17-14-13(3)15(20-7-2)19-12-18-14/h12H,6-11H2,1-5H3,(H,17,18,19). The van der Waals surface area contributed by atoms with Gasteiger partial charge in [-0.3, -0.25) is 0 Å². The Morgan fingerprint density at radius 3 is 2.60 bits per heavy atom. The first kappa shape index (κ1) is 16.7. The van der Waals surface area contributed by atoms with E-state index in [0.29, 0.717) is 12.5 Å². The number of hydrogen-bond acceptors (Lipinski definition) is 4. The molecule has 0 saturated carbocycles. The van der Waals surface area contributed by atoms with E-state index in [9.17, 15) is 0 Å². The van der Waals surface area contributed by atoms with Gasteiger partial charge in [0.25, 0.3) is 0 Å². The van der Waals surface area contributed by atoms with Gasteiger partial charge in [0.2, 0.25) is 5.88 Å². The number of unbranched alkanes of at least 4 members (excludes halogenated alkanes) is 2. The van der Waals surface area contributed by atoms with Crippen LogP contribution in [0.25, 0.3) is 0 Å². The van der Waals surface area contributed by atoms with Crippen LogP contribution in [0.3, 0.4) is 0 Å². The molecule has 0 spiro atoms. The van der Waals surface area contributed by atoms with Gasteiger partial charge in [-0.1, -0.05) is 40.0 Å². The summed E-state index contributed by atoms with van der Waals surface area (Å²) in [7, 11) is 0. The maximum Gasteiger partial charge on any atom is 0.221 e. The van der Waals surface area contributed by atoms with Gasteiger partial charge in [0.1, 0.15) is 12.1 Å². The zero-order valence-electron chi connectivity index (χ0n) is 13.6. The van der Waals surface area contributed by atoms with E-state index in [2.05, 4.69) is 36.1 Å². The molecule has 1 aromatic rings. The summed E-state index contributed by atoms with van der Waals surface area (Å²) in [6.07, 6.45) is 6.66. The molecule has 0 aliphatic rings. The minimum atomic E-state index is 0.276. The summed E-state index contributed by atoms with van der Waals surface area (Å²) in [5.74, 6) is 1.56. The summed E-state index contributed by atoms with van der Waals surface area (Å²) >= 11 is 0. The SMILES string of the molecule is CCCCCC(C)(C)CNc1ncnc(OCC)c1C. The number of anilines is 1. The van der Waals surface area contributed by atoms with Crippen molar-refractivity contribution in [3.05, 3.63) is 11.9 Å². The van der Waals surface area contributed by atoms with Gasteiger partial charge in [-0.05, 0) is 25.7 Å². The normalized spacial score (nSPS) is 11.4. The third kappa shape index (κ3) is 5.35. The fraction of sp³-hybridized carbons (Fsp3) is 0.750. The molecular formula is C16H29N3O. The number of ether oxygens (including phenoxy) is 1. The molecule has 1 heterocycles. The molecular weight excluding hydrogens is 250 g/mol. The lowest BCUT2D eigenvalue weighted by Gasteiger charge is -2.25. The molecule has 1 N–H and O–H groups in total. The van der Waals surface area contributed by atoms with Crippen LogP contribution >= 0.6 is 0 Å².